The molecule has 148 valence electrons. The first-order valence-electron chi connectivity index (χ1n) is 9.09. The number of methoxy groups -OCH3 is 1. The molecule has 4 N–H and O–H groups in total. The summed E-state index contributed by atoms with van der Waals surface area (Å²) in [4.78, 5) is 36.5. The molecule has 8 heteroatoms. The van der Waals surface area contributed by atoms with Crippen molar-refractivity contribution in [2.45, 2.75) is 50.2 Å². The normalized spacial score (nSPS) is 16.3. The Bertz CT molecular complexity index is 644. The molecule has 27 heavy (non-hydrogen) atoms. The zero-order valence-electron chi connectivity index (χ0n) is 15.5. The molecule has 1 atom stereocenters. The lowest BCUT2D eigenvalue weighted by Crippen LogP contribution is -2.61. The number of nitrogens with one attached hydrogen (secondary N) is 3. The number of amides is 3. The number of ether oxygens (including phenoxy) is 1. The van der Waals surface area contributed by atoms with Gasteiger partial charge in [-0.25, -0.2) is 9.59 Å². The summed E-state index contributed by atoms with van der Waals surface area (Å²) in [5.74, 6) is -1.58. The summed E-state index contributed by atoms with van der Waals surface area (Å²) in [7, 11) is 1.47. The van der Waals surface area contributed by atoms with Crippen molar-refractivity contribution >= 4 is 17.9 Å². The standard InChI is InChI=1S/C19H27N3O5/c1-27-12-9-15(16(23)24)21-17(25)19(10-5-6-11-19)22-18(26)20-13-14-7-3-2-4-8-14/h2-4,7-8,15H,5-6,9-13H2,1H3,(H,21,25)(H,23,24)(H2,20,22,26). The SMILES string of the molecule is COCCC(NC(=O)C1(NC(=O)NCc2ccccc2)CCCC1)C(=O)O. The number of carbonyl (C=O) groups is 3. The number of carbonyl (C=O) groups excluding carboxylic acids is 2. The summed E-state index contributed by atoms with van der Waals surface area (Å²) in [6, 6.07) is 7.95. The maximum Gasteiger partial charge on any atom is 0.326 e. The molecule has 1 unspecified atom stereocenters. The van der Waals surface area contributed by atoms with Crippen molar-refractivity contribution in [2.75, 3.05) is 13.7 Å². The average Bonchev–Trinajstić information content (AvgIpc) is 3.13. The van der Waals surface area contributed by atoms with Crippen LogP contribution in [0.3, 0.4) is 0 Å². The van der Waals surface area contributed by atoms with Gasteiger partial charge in [-0.3, -0.25) is 4.79 Å². The molecule has 8 nitrogen and oxygen atoms in total. The van der Waals surface area contributed by atoms with E-state index in [0.29, 0.717) is 19.4 Å². The first kappa shape index (κ1) is 20.7. The van der Waals surface area contributed by atoms with Gasteiger partial charge >= 0.3 is 12.0 Å². The van der Waals surface area contributed by atoms with Crippen molar-refractivity contribution in [3.63, 3.8) is 0 Å². The number of carboxylic acid groups (broad SMARTS) is 1. The van der Waals surface area contributed by atoms with Gasteiger partial charge in [0.2, 0.25) is 5.91 Å². The molecule has 0 bridgehead atoms. The van der Waals surface area contributed by atoms with E-state index in [1.165, 1.54) is 7.11 Å². The third kappa shape index (κ3) is 5.96. The summed E-state index contributed by atoms with van der Waals surface area (Å²) >= 11 is 0. The lowest BCUT2D eigenvalue weighted by atomic mass is 9.95. The fraction of sp³-hybridized carbons (Fsp3) is 0.526. The molecule has 0 aromatic heterocycles. The van der Waals surface area contributed by atoms with Gasteiger partial charge in [0.15, 0.2) is 0 Å². The van der Waals surface area contributed by atoms with Crippen LogP contribution in [0.15, 0.2) is 30.3 Å². The number of hydrogen-bond acceptors (Lipinski definition) is 4. The van der Waals surface area contributed by atoms with Crippen LogP contribution in [0.5, 0.6) is 0 Å². The van der Waals surface area contributed by atoms with Crippen LogP contribution in [-0.4, -0.2) is 48.3 Å². The zero-order valence-corrected chi connectivity index (χ0v) is 15.5. The van der Waals surface area contributed by atoms with Crippen LogP contribution in [0.25, 0.3) is 0 Å². The number of carboxylic acids is 1. The third-order valence-corrected chi connectivity index (χ3v) is 4.75. The van der Waals surface area contributed by atoms with E-state index in [9.17, 15) is 19.5 Å². The Hall–Kier alpha value is -2.61. The Labute approximate surface area is 158 Å². The average molecular weight is 377 g/mol. The monoisotopic (exact) mass is 377 g/mol. The van der Waals surface area contributed by atoms with Crippen molar-refractivity contribution < 1.29 is 24.2 Å². The summed E-state index contributed by atoms with van der Waals surface area (Å²) in [6.45, 7) is 0.561. The smallest absolute Gasteiger partial charge is 0.326 e. The Balaban J connectivity index is 1.97. The molecule has 1 fully saturated rings. The molecule has 1 aliphatic carbocycles. The van der Waals surface area contributed by atoms with E-state index in [-0.39, 0.29) is 13.0 Å². The van der Waals surface area contributed by atoms with Gasteiger partial charge in [-0.2, -0.15) is 0 Å². The number of rotatable bonds is 9. The van der Waals surface area contributed by atoms with Crippen molar-refractivity contribution in [1.29, 1.82) is 0 Å². The summed E-state index contributed by atoms with van der Waals surface area (Å²) in [6.07, 6.45) is 2.71. The second-order valence-corrected chi connectivity index (χ2v) is 6.73. The lowest BCUT2D eigenvalue weighted by Gasteiger charge is -2.30. The molecule has 0 spiro atoms. The van der Waals surface area contributed by atoms with Crippen LogP contribution in [0.2, 0.25) is 0 Å². The second-order valence-electron chi connectivity index (χ2n) is 6.73. The number of hydrogen-bond donors (Lipinski definition) is 4. The minimum absolute atomic E-state index is 0.161. The molecule has 1 aromatic rings. The van der Waals surface area contributed by atoms with E-state index < -0.39 is 29.5 Å². The summed E-state index contributed by atoms with van der Waals surface area (Å²) in [5, 5.41) is 17.4. The predicted molar refractivity (Wildman–Crippen MR) is 99.1 cm³/mol. The molecule has 1 aromatic carbocycles. The predicted octanol–water partition coefficient (Wildman–Crippen LogP) is 1.40. The third-order valence-electron chi connectivity index (χ3n) is 4.75. The van der Waals surface area contributed by atoms with Gasteiger partial charge in [0.05, 0.1) is 0 Å². The van der Waals surface area contributed by atoms with E-state index >= 15 is 0 Å². The molecular weight excluding hydrogens is 350 g/mol. The van der Waals surface area contributed by atoms with Gasteiger partial charge in [-0.15, -0.1) is 0 Å². The van der Waals surface area contributed by atoms with E-state index in [0.717, 1.165) is 18.4 Å². The van der Waals surface area contributed by atoms with E-state index in [1.54, 1.807) is 0 Å². The maximum atomic E-state index is 12.8. The van der Waals surface area contributed by atoms with Gasteiger partial charge < -0.3 is 25.8 Å². The number of urea groups is 1. The Kier molecular flexibility index (Phi) is 7.60. The topological polar surface area (TPSA) is 117 Å². The van der Waals surface area contributed by atoms with Crippen LogP contribution >= 0.6 is 0 Å². The molecule has 0 saturated heterocycles. The maximum absolute atomic E-state index is 12.8. The van der Waals surface area contributed by atoms with Crippen molar-refractivity contribution in [2.24, 2.45) is 0 Å². The first-order valence-corrected chi connectivity index (χ1v) is 9.09. The fourth-order valence-electron chi connectivity index (χ4n) is 3.22. The highest BCUT2D eigenvalue weighted by molar-refractivity contribution is 5.93. The molecule has 0 radical (unpaired) electrons. The van der Waals surface area contributed by atoms with Crippen molar-refractivity contribution in [1.82, 2.24) is 16.0 Å². The van der Waals surface area contributed by atoms with Crippen LogP contribution in [0.4, 0.5) is 4.79 Å². The van der Waals surface area contributed by atoms with Crippen LogP contribution < -0.4 is 16.0 Å². The summed E-state index contributed by atoms with van der Waals surface area (Å²) < 4.78 is 4.90. The lowest BCUT2D eigenvalue weighted by molar-refractivity contribution is -0.143. The second kappa shape index (κ2) is 9.91. The molecule has 0 heterocycles. The summed E-state index contributed by atoms with van der Waals surface area (Å²) in [5.41, 5.74) is -0.135. The Morgan fingerprint density at radius 3 is 2.44 bits per heavy atom. The highest BCUT2D eigenvalue weighted by Gasteiger charge is 2.43. The van der Waals surface area contributed by atoms with Gasteiger partial charge in [0.25, 0.3) is 0 Å². The van der Waals surface area contributed by atoms with Crippen molar-refractivity contribution in [3.8, 4) is 0 Å². The van der Waals surface area contributed by atoms with E-state index in [1.807, 2.05) is 30.3 Å². The Morgan fingerprint density at radius 1 is 1.19 bits per heavy atom. The highest BCUT2D eigenvalue weighted by Crippen LogP contribution is 2.30. The molecule has 0 aliphatic heterocycles. The molecular formula is C19H27N3O5. The van der Waals surface area contributed by atoms with Gasteiger partial charge in [-0.1, -0.05) is 43.2 Å². The molecule has 3 amide bonds. The van der Waals surface area contributed by atoms with E-state index in [2.05, 4.69) is 16.0 Å². The van der Waals surface area contributed by atoms with Crippen LogP contribution in [0, 0.1) is 0 Å². The van der Waals surface area contributed by atoms with Crippen LogP contribution in [0.1, 0.15) is 37.7 Å². The minimum Gasteiger partial charge on any atom is -0.480 e. The number of benzene rings is 1. The number of aliphatic carboxylic acids is 1. The molecule has 1 saturated carbocycles. The van der Waals surface area contributed by atoms with Crippen molar-refractivity contribution in [3.05, 3.63) is 35.9 Å². The van der Waals surface area contributed by atoms with Gasteiger partial charge in [-0.05, 0) is 18.4 Å². The van der Waals surface area contributed by atoms with E-state index in [4.69, 9.17) is 4.74 Å². The zero-order chi connectivity index (χ0) is 19.7. The van der Waals surface area contributed by atoms with Gasteiger partial charge in [0, 0.05) is 26.7 Å². The highest BCUT2D eigenvalue weighted by atomic mass is 16.5. The fourth-order valence-corrected chi connectivity index (χ4v) is 3.22. The van der Waals surface area contributed by atoms with Gasteiger partial charge in [0.1, 0.15) is 11.6 Å². The minimum atomic E-state index is -1.12. The first-order chi connectivity index (χ1) is 13.0. The quantitative estimate of drug-likeness (QED) is 0.519. The Morgan fingerprint density at radius 2 is 1.85 bits per heavy atom. The van der Waals surface area contributed by atoms with Crippen LogP contribution in [-0.2, 0) is 20.9 Å². The largest absolute Gasteiger partial charge is 0.480 e. The molecule has 2 rings (SSSR count). The molecule has 1 aliphatic rings.